The predicted molar refractivity (Wildman–Crippen MR) is 78.8 cm³/mol. The minimum absolute atomic E-state index is 0.685. The van der Waals surface area contributed by atoms with Gasteiger partial charge in [-0.1, -0.05) is 6.92 Å². The zero-order valence-corrected chi connectivity index (χ0v) is 12.8. The molecule has 1 aromatic rings. The van der Waals surface area contributed by atoms with Crippen molar-refractivity contribution in [2.75, 3.05) is 13.2 Å². The van der Waals surface area contributed by atoms with Gasteiger partial charge in [0.25, 0.3) is 0 Å². The van der Waals surface area contributed by atoms with Crippen LogP contribution in [0.3, 0.4) is 0 Å². The zero-order valence-electron chi connectivity index (χ0n) is 11.2. The molecule has 0 saturated heterocycles. The van der Waals surface area contributed by atoms with Crippen LogP contribution in [0.25, 0.3) is 0 Å². The molecule has 1 saturated carbocycles. The van der Waals surface area contributed by atoms with E-state index >= 15 is 0 Å². The average Bonchev–Trinajstić information content (AvgIpc) is 2.59. The van der Waals surface area contributed by atoms with Crippen molar-refractivity contribution >= 4 is 15.9 Å². The van der Waals surface area contributed by atoms with Gasteiger partial charge in [0.15, 0.2) is 11.5 Å². The first-order chi connectivity index (χ1) is 9.22. The molecule has 1 aliphatic carbocycles. The Bertz CT molecular complexity index is 458. The van der Waals surface area contributed by atoms with Gasteiger partial charge in [0.05, 0.1) is 17.7 Å². The lowest BCUT2D eigenvalue weighted by molar-refractivity contribution is 0.240. The Morgan fingerprint density at radius 3 is 2.84 bits per heavy atom. The Morgan fingerprint density at radius 2 is 2.05 bits per heavy atom. The van der Waals surface area contributed by atoms with Crippen molar-refractivity contribution in [1.82, 2.24) is 5.32 Å². The lowest BCUT2D eigenvalue weighted by Gasteiger charge is -2.33. The topological polar surface area (TPSA) is 30.5 Å². The summed E-state index contributed by atoms with van der Waals surface area (Å²) >= 11 is 3.58. The lowest BCUT2D eigenvalue weighted by atomic mass is 9.82. The second-order valence-electron chi connectivity index (χ2n) is 5.61. The molecule has 0 atom stereocenters. The molecule has 0 radical (unpaired) electrons. The van der Waals surface area contributed by atoms with Gasteiger partial charge in [0.1, 0.15) is 0 Å². The largest absolute Gasteiger partial charge is 0.490 e. The van der Waals surface area contributed by atoms with E-state index in [2.05, 4.69) is 40.3 Å². The van der Waals surface area contributed by atoms with Crippen LogP contribution in [0.5, 0.6) is 11.5 Å². The van der Waals surface area contributed by atoms with E-state index in [9.17, 15) is 0 Å². The number of hydrogen-bond donors (Lipinski definition) is 1. The Kier molecular flexibility index (Phi) is 3.99. The lowest BCUT2D eigenvalue weighted by Crippen LogP contribution is -2.39. The van der Waals surface area contributed by atoms with Crippen LogP contribution in [0.2, 0.25) is 0 Å². The van der Waals surface area contributed by atoms with Crippen LogP contribution in [-0.2, 0) is 6.54 Å². The van der Waals surface area contributed by atoms with Crippen molar-refractivity contribution in [2.24, 2.45) is 5.92 Å². The molecule has 2 aliphatic rings. The number of halogens is 1. The molecule has 1 heterocycles. The van der Waals surface area contributed by atoms with Crippen molar-refractivity contribution in [3.63, 3.8) is 0 Å². The molecule has 0 bridgehead atoms. The molecule has 19 heavy (non-hydrogen) atoms. The molecular weight excluding hydrogens is 306 g/mol. The quantitative estimate of drug-likeness (QED) is 0.922. The molecule has 0 unspecified atom stereocenters. The highest BCUT2D eigenvalue weighted by Crippen LogP contribution is 2.38. The summed E-state index contributed by atoms with van der Waals surface area (Å²) in [5, 5.41) is 3.60. The fraction of sp³-hybridized carbons (Fsp3) is 0.600. The third kappa shape index (κ3) is 3.06. The van der Waals surface area contributed by atoms with E-state index in [0.717, 1.165) is 48.1 Å². The molecule has 1 fully saturated rings. The summed E-state index contributed by atoms with van der Waals surface area (Å²) in [6.45, 7) is 4.66. The van der Waals surface area contributed by atoms with Gasteiger partial charge in [-0.25, -0.2) is 0 Å². The summed E-state index contributed by atoms with van der Waals surface area (Å²) in [6, 6.07) is 4.91. The molecule has 1 aliphatic heterocycles. The Hall–Kier alpha value is -0.740. The number of benzene rings is 1. The van der Waals surface area contributed by atoms with Crippen molar-refractivity contribution in [1.29, 1.82) is 0 Å². The van der Waals surface area contributed by atoms with Gasteiger partial charge in [0, 0.05) is 19.0 Å². The maximum atomic E-state index is 5.75. The number of ether oxygens (including phenoxy) is 2. The molecule has 3 nitrogen and oxygen atoms in total. The second-order valence-corrected chi connectivity index (χ2v) is 6.46. The summed E-state index contributed by atoms with van der Waals surface area (Å²) in [6.07, 6.45) is 3.53. The first kappa shape index (κ1) is 13.3. The van der Waals surface area contributed by atoms with E-state index in [1.807, 2.05) is 0 Å². The van der Waals surface area contributed by atoms with E-state index in [-0.39, 0.29) is 0 Å². The number of nitrogens with one attached hydrogen (secondary N) is 1. The first-order valence-corrected chi connectivity index (χ1v) is 7.83. The van der Waals surface area contributed by atoms with Crippen LogP contribution in [0, 0.1) is 5.92 Å². The monoisotopic (exact) mass is 325 g/mol. The van der Waals surface area contributed by atoms with Crippen molar-refractivity contribution in [2.45, 2.75) is 38.8 Å². The van der Waals surface area contributed by atoms with E-state index in [4.69, 9.17) is 9.47 Å². The highest BCUT2D eigenvalue weighted by Gasteiger charge is 2.24. The van der Waals surface area contributed by atoms with Gasteiger partial charge >= 0.3 is 0 Å². The Morgan fingerprint density at radius 1 is 1.26 bits per heavy atom. The summed E-state index contributed by atoms with van der Waals surface area (Å²) in [7, 11) is 0. The molecule has 4 heteroatoms. The van der Waals surface area contributed by atoms with Gasteiger partial charge in [-0.05, 0) is 52.4 Å². The molecule has 1 aromatic carbocycles. The first-order valence-electron chi connectivity index (χ1n) is 7.04. The summed E-state index contributed by atoms with van der Waals surface area (Å²) in [4.78, 5) is 0. The third-order valence-electron chi connectivity index (χ3n) is 3.83. The highest BCUT2D eigenvalue weighted by atomic mass is 79.9. The highest BCUT2D eigenvalue weighted by molar-refractivity contribution is 9.10. The predicted octanol–water partition coefficient (Wildman–Crippen LogP) is 3.50. The normalized spacial score (nSPS) is 25.6. The molecule has 1 N–H and O–H groups in total. The van der Waals surface area contributed by atoms with Crippen molar-refractivity contribution in [3.05, 3.63) is 22.2 Å². The molecule has 3 rings (SSSR count). The standard InChI is InChI=1S/C15H20BrNO2/c1-10-5-12(6-10)17-9-11-7-13(16)15-14(8-11)18-3-2-4-19-15/h7-8,10,12,17H,2-6,9H2,1H3. The SMILES string of the molecule is CC1CC(NCc2cc(Br)c3c(c2)OCCCO3)C1. The fourth-order valence-electron chi connectivity index (χ4n) is 2.72. The summed E-state index contributed by atoms with van der Waals surface area (Å²) in [5.74, 6) is 2.59. The molecule has 0 aromatic heterocycles. The molecular formula is C15H20BrNO2. The summed E-state index contributed by atoms with van der Waals surface area (Å²) < 4.78 is 12.5. The smallest absolute Gasteiger partial charge is 0.175 e. The van der Waals surface area contributed by atoms with Gasteiger partial charge in [-0.2, -0.15) is 0 Å². The van der Waals surface area contributed by atoms with Crippen LogP contribution in [0.15, 0.2) is 16.6 Å². The van der Waals surface area contributed by atoms with Crippen LogP contribution in [0.4, 0.5) is 0 Å². The third-order valence-corrected chi connectivity index (χ3v) is 4.42. The molecule has 0 amide bonds. The van der Waals surface area contributed by atoms with Crippen molar-refractivity contribution < 1.29 is 9.47 Å². The maximum Gasteiger partial charge on any atom is 0.175 e. The van der Waals surface area contributed by atoms with E-state index in [1.165, 1.54) is 18.4 Å². The van der Waals surface area contributed by atoms with Crippen LogP contribution >= 0.6 is 15.9 Å². The molecule has 0 spiro atoms. The Labute approximate surface area is 122 Å². The van der Waals surface area contributed by atoms with Gasteiger partial charge in [-0.3, -0.25) is 0 Å². The minimum Gasteiger partial charge on any atom is -0.490 e. The number of rotatable bonds is 3. The second kappa shape index (κ2) is 5.71. The number of fused-ring (bicyclic) bond motifs is 1. The van der Waals surface area contributed by atoms with Gasteiger partial charge in [-0.15, -0.1) is 0 Å². The Balaban J connectivity index is 1.68. The van der Waals surface area contributed by atoms with E-state index in [1.54, 1.807) is 0 Å². The van der Waals surface area contributed by atoms with Crippen LogP contribution in [0.1, 0.15) is 31.7 Å². The van der Waals surface area contributed by atoms with Gasteiger partial charge < -0.3 is 14.8 Å². The van der Waals surface area contributed by atoms with Crippen molar-refractivity contribution in [3.8, 4) is 11.5 Å². The zero-order chi connectivity index (χ0) is 13.2. The minimum atomic E-state index is 0.685. The van der Waals surface area contributed by atoms with Crippen LogP contribution < -0.4 is 14.8 Å². The summed E-state index contributed by atoms with van der Waals surface area (Å²) in [5.41, 5.74) is 1.25. The van der Waals surface area contributed by atoms with Gasteiger partial charge in [0.2, 0.25) is 0 Å². The number of hydrogen-bond acceptors (Lipinski definition) is 3. The fourth-order valence-corrected chi connectivity index (χ4v) is 3.32. The molecule has 104 valence electrons. The van der Waals surface area contributed by atoms with E-state index < -0.39 is 0 Å². The average molecular weight is 326 g/mol. The van der Waals surface area contributed by atoms with Crippen LogP contribution in [-0.4, -0.2) is 19.3 Å². The maximum absolute atomic E-state index is 5.75. The van der Waals surface area contributed by atoms with E-state index in [0.29, 0.717) is 6.04 Å².